The molecule has 1 saturated heterocycles. The van der Waals surface area contributed by atoms with Gasteiger partial charge in [-0.2, -0.15) is 13.2 Å². The smallest absolute Gasteiger partial charge is 0.316 e. The fourth-order valence-corrected chi connectivity index (χ4v) is 3.16. The Kier molecular flexibility index (Phi) is 5.49. The largest absolute Gasteiger partial charge is 0.412 e. The van der Waals surface area contributed by atoms with E-state index >= 15 is 0 Å². The zero-order valence-electron chi connectivity index (χ0n) is 12.2. The van der Waals surface area contributed by atoms with Gasteiger partial charge in [-0.25, -0.2) is 0 Å². The lowest BCUT2D eigenvalue weighted by molar-refractivity contribution is -0.0960. The van der Waals surface area contributed by atoms with Crippen LogP contribution < -0.4 is 5.32 Å². The molecule has 0 radical (unpaired) electrons. The van der Waals surface area contributed by atoms with Gasteiger partial charge in [0.1, 0.15) is 0 Å². The summed E-state index contributed by atoms with van der Waals surface area (Å²) >= 11 is 0. The van der Waals surface area contributed by atoms with Crippen molar-refractivity contribution in [3.63, 3.8) is 0 Å². The third kappa shape index (κ3) is 4.48. The number of hydrogen-bond donors (Lipinski definition) is 1. The topological polar surface area (TPSA) is 15.3 Å². The summed E-state index contributed by atoms with van der Waals surface area (Å²) in [4.78, 5) is 2.14. The summed E-state index contributed by atoms with van der Waals surface area (Å²) in [7, 11) is 0. The van der Waals surface area contributed by atoms with E-state index in [0.717, 1.165) is 32.0 Å². The number of piperidine rings is 1. The van der Waals surface area contributed by atoms with Crippen LogP contribution in [0.25, 0.3) is 0 Å². The van der Waals surface area contributed by atoms with Crippen LogP contribution in [0, 0.1) is 11.8 Å². The molecule has 0 aromatic rings. The first-order chi connectivity index (χ1) is 9.47. The van der Waals surface area contributed by atoms with Crippen LogP contribution >= 0.6 is 0 Å². The summed E-state index contributed by atoms with van der Waals surface area (Å²) in [5, 5.41) is 3.43. The summed E-state index contributed by atoms with van der Waals surface area (Å²) in [6, 6.07) is 0. The molecule has 5 heteroatoms. The number of rotatable bonds is 4. The van der Waals surface area contributed by atoms with Gasteiger partial charge < -0.3 is 5.32 Å². The molecule has 0 amide bonds. The van der Waals surface area contributed by atoms with Crippen LogP contribution in [0.2, 0.25) is 0 Å². The lowest BCUT2D eigenvalue weighted by atomic mass is 9.85. The monoisotopic (exact) mass is 290 g/mol. The highest BCUT2D eigenvalue weighted by Gasteiger charge is 2.34. The van der Waals surface area contributed by atoms with E-state index < -0.39 is 6.18 Å². The molecular formula is C15H25F3N2. The summed E-state index contributed by atoms with van der Waals surface area (Å²) in [5.41, 5.74) is -0.349. The maximum atomic E-state index is 12.5. The van der Waals surface area contributed by atoms with Crippen LogP contribution in [0.4, 0.5) is 13.2 Å². The standard InChI is InChI=1S/C15H25F3N2/c1-12(13-3-2-7-19-11-13)4-8-20-9-5-14(6-10-20)15(16,17)18/h5,12-13,19H,2-4,6-11H2,1H3. The zero-order chi connectivity index (χ0) is 14.6. The highest BCUT2D eigenvalue weighted by Crippen LogP contribution is 2.30. The Hall–Kier alpha value is -0.550. The molecule has 2 rings (SSSR count). The number of nitrogens with one attached hydrogen (secondary N) is 1. The molecule has 0 bridgehead atoms. The Morgan fingerprint density at radius 2 is 2.25 bits per heavy atom. The van der Waals surface area contributed by atoms with Crippen molar-refractivity contribution < 1.29 is 13.2 Å². The summed E-state index contributed by atoms with van der Waals surface area (Å²) in [5.74, 6) is 1.38. The van der Waals surface area contributed by atoms with Crippen molar-refractivity contribution in [1.82, 2.24) is 10.2 Å². The van der Waals surface area contributed by atoms with Gasteiger partial charge >= 0.3 is 6.18 Å². The van der Waals surface area contributed by atoms with E-state index in [9.17, 15) is 13.2 Å². The highest BCUT2D eigenvalue weighted by atomic mass is 19.4. The minimum atomic E-state index is -4.13. The van der Waals surface area contributed by atoms with E-state index in [1.807, 2.05) is 0 Å². The summed E-state index contributed by atoms with van der Waals surface area (Å²) in [6.45, 7) is 6.41. The molecule has 0 aromatic heterocycles. The lowest BCUT2D eigenvalue weighted by Crippen LogP contribution is -2.36. The molecule has 116 valence electrons. The quantitative estimate of drug-likeness (QED) is 0.800. The molecule has 0 aliphatic carbocycles. The van der Waals surface area contributed by atoms with Crippen LogP contribution in [0.3, 0.4) is 0 Å². The maximum absolute atomic E-state index is 12.5. The van der Waals surface area contributed by atoms with E-state index in [1.54, 1.807) is 0 Å². The molecule has 0 aromatic carbocycles. The zero-order valence-corrected chi connectivity index (χ0v) is 12.2. The number of nitrogens with zero attached hydrogens (tertiary/aromatic N) is 1. The van der Waals surface area contributed by atoms with Gasteiger partial charge in [-0.1, -0.05) is 13.0 Å². The molecule has 2 atom stereocenters. The van der Waals surface area contributed by atoms with E-state index in [1.165, 1.54) is 18.9 Å². The second-order valence-electron chi connectivity index (χ2n) is 6.15. The second-order valence-corrected chi connectivity index (χ2v) is 6.15. The minimum absolute atomic E-state index is 0.142. The normalized spacial score (nSPS) is 27.2. The second kappa shape index (κ2) is 6.94. The SMILES string of the molecule is CC(CCN1CC=C(C(F)(F)F)CC1)C1CCCNC1. The molecule has 20 heavy (non-hydrogen) atoms. The first kappa shape index (κ1) is 15.8. The first-order valence-electron chi connectivity index (χ1n) is 7.66. The molecule has 0 saturated carbocycles. The van der Waals surface area contributed by atoms with Gasteiger partial charge in [0.2, 0.25) is 0 Å². The van der Waals surface area contributed by atoms with Crippen molar-refractivity contribution in [3.8, 4) is 0 Å². The van der Waals surface area contributed by atoms with Gasteiger partial charge in [0, 0.05) is 18.7 Å². The van der Waals surface area contributed by atoms with Gasteiger partial charge in [0.25, 0.3) is 0 Å². The van der Waals surface area contributed by atoms with Crippen molar-refractivity contribution in [3.05, 3.63) is 11.6 Å². The molecule has 2 heterocycles. The molecule has 2 unspecified atom stereocenters. The number of hydrogen-bond acceptors (Lipinski definition) is 2. The van der Waals surface area contributed by atoms with E-state index in [0.29, 0.717) is 19.0 Å². The lowest BCUT2D eigenvalue weighted by Gasteiger charge is -2.31. The first-order valence-corrected chi connectivity index (χ1v) is 7.66. The van der Waals surface area contributed by atoms with Gasteiger partial charge in [-0.15, -0.1) is 0 Å². The number of halogens is 3. The third-order valence-corrected chi connectivity index (χ3v) is 4.70. The Bertz CT molecular complexity index is 333. The molecule has 2 aliphatic rings. The van der Waals surface area contributed by atoms with E-state index in [-0.39, 0.29) is 12.0 Å². The van der Waals surface area contributed by atoms with Crippen LogP contribution in [0.5, 0.6) is 0 Å². The van der Waals surface area contributed by atoms with Crippen molar-refractivity contribution in [2.75, 3.05) is 32.7 Å². The van der Waals surface area contributed by atoms with Crippen molar-refractivity contribution in [2.45, 2.75) is 38.8 Å². The number of alkyl halides is 3. The Morgan fingerprint density at radius 3 is 2.80 bits per heavy atom. The predicted molar refractivity (Wildman–Crippen MR) is 74.6 cm³/mol. The molecule has 1 N–H and O–H groups in total. The molecule has 0 spiro atoms. The van der Waals surface area contributed by atoms with Gasteiger partial charge in [-0.3, -0.25) is 4.90 Å². The summed E-state index contributed by atoms with van der Waals surface area (Å²) in [6.07, 6.45) is 0.983. The Labute approximate surface area is 119 Å². The van der Waals surface area contributed by atoms with Crippen molar-refractivity contribution in [1.29, 1.82) is 0 Å². The fraction of sp³-hybridized carbons (Fsp3) is 0.867. The molecular weight excluding hydrogens is 265 g/mol. The van der Waals surface area contributed by atoms with E-state index in [4.69, 9.17) is 0 Å². The van der Waals surface area contributed by atoms with Gasteiger partial charge in [0.15, 0.2) is 0 Å². The van der Waals surface area contributed by atoms with Gasteiger partial charge in [-0.05, 0) is 57.2 Å². The average molecular weight is 290 g/mol. The third-order valence-electron chi connectivity index (χ3n) is 4.70. The van der Waals surface area contributed by atoms with Crippen molar-refractivity contribution in [2.24, 2.45) is 11.8 Å². The predicted octanol–water partition coefficient (Wildman–Crippen LogP) is 3.21. The minimum Gasteiger partial charge on any atom is -0.316 e. The Balaban J connectivity index is 1.71. The van der Waals surface area contributed by atoms with Crippen LogP contribution in [0.1, 0.15) is 32.6 Å². The van der Waals surface area contributed by atoms with Crippen LogP contribution in [-0.4, -0.2) is 43.8 Å². The van der Waals surface area contributed by atoms with Crippen LogP contribution in [0.15, 0.2) is 11.6 Å². The summed E-state index contributed by atoms with van der Waals surface area (Å²) < 4.78 is 37.6. The van der Waals surface area contributed by atoms with Crippen LogP contribution in [-0.2, 0) is 0 Å². The molecule has 2 aliphatic heterocycles. The van der Waals surface area contributed by atoms with Crippen molar-refractivity contribution >= 4 is 0 Å². The van der Waals surface area contributed by atoms with E-state index in [2.05, 4.69) is 17.1 Å². The average Bonchev–Trinajstić information content (AvgIpc) is 2.45. The maximum Gasteiger partial charge on any atom is 0.412 e. The molecule has 2 nitrogen and oxygen atoms in total. The fourth-order valence-electron chi connectivity index (χ4n) is 3.16. The molecule has 1 fully saturated rings. The highest BCUT2D eigenvalue weighted by molar-refractivity contribution is 5.12. The Morgan fingerprint density at radius 1 is 1.45 bits per heavy atom. The van der Waals surface area contributed by atoms with Gasteiger partial charge in [0.05, 0.1) is 0 Å².